The van der Waals surface area contributed by atoms with E-state index in [4.69, 9.17) is 19.6 Å². The standard InChI is InChI=1S/C22H22FN3O2S/c1-27-18-11-12-21(28-2)19(13-18)20-14-29-22(24-16-9-7-15(23)8-10-16)26(20)25-17-5-3-4-6-17/h7-14H,3-6H2,1-2H3. The quantitative estimate of drug-likeness (QED) is 0.566. The molecule has 0 radical (unpaired) electrons. The van der Waals surface area contributed by atoms with Crippen LogP contribution in [0.4, 0.5) is 10.1 Å². The summed E-state index contributed by atoms with van der Waals surface area (Å²) in [7, 11) is 3.29. The van der Waals surface area contributed by atoms with E-state index < -0.39 is 0 Å². The zero-order valence-electron chi connectivity index (χ0n) is 16.4. The van der Waals surface area contributed by atoms with Crippen LogP contribution in [-0.4, -0.2) is 24.6 Å². The molecular weight excluding hydrogens is 389 g/mol. The third-order valence-electron chi connectivity index (χ3n) is 4.84. The smallest absolute Gasteiger partial charge is 0.211 e. The average Bonchev–Trinajstić information content (AvgIpc) is 3.40. The molecule has 4 rings (SSSR count). The van der Waals surface area contributed by atoms with E-state index >= 15 is 0 Å². The van der Waals surface area contributed by atoms with Crippen molar-refractivity contribution in [3.05, 3.63) is 58.5 Å². The molecule has 1 aliphatic carbocycles. The van der Waals surface area contributed by atoms with Crippen LogP contribution < -0.4 is 14.3 Å². The second-order valence-corrected chi connectivity index (χ2v) is 7.58. The number of rotatable bonds is 5. The number of hydrogen-bond acceptors (Lipinski definition) is 5. The Balaban J connectivity index is 1.90. The lowest BCUT2D eigenvalue weighted by atomic mass is 10.1. The van der Waals surface area contributed by atoms with Crippen molar-refractivity contribution in [2.24, 2.45) is 10.1 Å². The summed E-state index contributed by atoms with van der Waals surface area (Å²) < 4.78 is 26.1. The first-order chi connectivity index (χ1) is 14.2. The van der Waals surface area contributed by atoms with Crippen LogP contribution in [-0.2, 0) is 0 Å². The molecule has 0 saturated heterocycles. The lowest BCUT2D eigenvalue weighted by Crippen LogP contribution is -2.13. The largest absolute Gasteiger partial charge is 0.497 e. The molecule has 29 heavy (non-hydrogen) atoms. The van der Waals surface area contributed by atoms with Gasteiger partial charge in [0, 0.05) is 16.7 Å². The van der Waals surface area contributed by atoms with Crippen molar-refractivity contribution in [3.8, 4) is 22.8 Å². The Kier molecular flexibility index (Phi) is 5.76. The Morgan fingerprint density at radius 3 is 2.45 bits per heavy atom. The highest BCUT2D eigenvalue weighted by molar-refractivity contribution is 7.07. The van der Waals surface area contributed by atoms with Gasteiger partial charge in [0.15, 0.2) is 0 Å². The molecule has 0 N–H and O–H groups in total. The molecule has 3 aromatic rings. The monoisotopic (exact) mass is 411 g/mol. The highest BCUT2D eigenvalue weighted by Crippen LogP contribution is 2.34. The lowest BCUT2D eigenvalue weighted by Gasteiger charge is -2.11. The maximum Gasteiger partial charge on any atom is 0.211 e. The van der Waals surface area contributed by atoms with Crippen LogP contribution in [0.15, 0.2) is 57.9 Å². The summed E-state index contributed by atoms with van der Waals surface area (Å²) in [5.74, 6) is 1.19. The molecule has 0 unspecified atom stereocenters. The van der Waals surface area contributed by atoms with Gasteiger partial charge in [-0.1, -0.05) is 0 Å². The summed E-state index contributed by atoms with van der Waals surface area (Å²) in [4.78, 5) is 5.42. The van der Waals surface area contributed by atoms with Gasteiger partial charge in [0.2, 0.25) is 4.80 Å². The molecule has 1 heterocycles. The van der Waals surface area contributed by atoms with E-state index in [1.807, 2.05) is 28.3 Å². The molecule has 0 amide bonds. The highest BCUT2D eigenvalue weighted by Gasteiger charge is 2.16. The van der Waals surface area contributed by atoms with E-state index in [0.717, 1.165) is 59.0 Å². The number of methoxy groups -OCH3 is 2. The average molecular weight is 412 g/mol. The third-order valence-corrected chi connectivity index (χ3v) is 5.66. The minimum Gasteiger partial charge on any atom is -0.497 e. The molecule has 0 aliphatic heterocycles. The molecule has 0 atom stereocenters. The predicted octanol–water partition coefficient (Wildman–Crippen LogP) is 5.38. The number of thiazole rings is 1. The molecule has 5 nitrogen and oxygen atoms in total. The first kappa shape index (κ1) is 19.4. The third kappa shape index (κ3) is 4.24. The van der Waals surface area contributed by atoms with Crippen LogP contribution in [0.2, 0.25) is 0 Å². The summed E-state index contributed by atoms with van der Waals surface area (Å²) in [6.07, 6.45) is 4.30. The molecular formula is C22H22FN3O2S. The van der Waals surface area contributed by atoms with Crippen LogP contribution in [0.1, 0.15) is 25.7 Å². The van der Waals surface area contributed by atoms with Crippen molar-refractivity contribution in [3.63, 3.8) is 0 Å². The van der Waals surface area contributed by atoms with Gasteiger partial charge in [-0.2, -0.15) is 5.10 Å². The Labute approximate surface area is 172 Å². The van der Waals surface area contributed by atoms with E-state index in [9.17, 15) is 4.39 Å². The van der Waals surface area contributed by atoms with Crippen molar-refractivity contribution in [1.82, 2.24) is 4.68 Å². The van der Waals surface area contributed by atoms with E-state index in [0.29, 0.717) is 5.69 Å². The zero-order chi connectivity index (χ0) is 20.2. The van der Waals surface area contributed by atoms with Crippen molar-refractivity contribution >= 4 is 22.7 Å². The fourth-order valence-corrected chi connectivity index (χ4v) is 4.17. The van der Waals surface area contributed by atoms with Gasteiger partial charge in [0.1, 0.15) is 17.3 Å². The van der Waals surface area contributed by atoms with Crippen LogP contribution in [0, 0.1) is 5.82 Å². The maximum absolute atomic E-state index is 13.3. The molecule has 1 saturated carbocycles. The first-order valence-electron chi connectivity index (χ1n) is 9.48. The van der Waals surface area contributed by atoms with Crippen molar-refractivity contribution in [2.45, 2.75) is 25.7 Å². The second kappa shape index (κ2) is 8.61. The highest BCUT2D eigenvalue weighted by atomic mass is 32.1. The van der Waals surface area contributed by atoms with Gasteiger partial charge in [-0.25, -0.2) is 14.1 Å². The van der Waals surface area contributed by atoms with Gasteiger partial charge >= 0.3 is 0 Å². The molecule has 0 bridgehead atoms. The van der Waals surface area contributed by atoms with Gasteiger partial charge in [-0.05, 0) is 68.1 Å². The number of ether oxygens (including phenoxy) is 2. The van der Waals surface area contributed by atoms with Crippen LogP contribution in [0.25, 0.3) is 11.3 Å². The summed E-state index contributed by atoms with van der Waals surface area (Å²) in [5, 5.41) is 6.93. The van der Waals surface area contributed by atoms with Gasteiger partial charge < -0.3 is 9.47 Å². The molecule has 7 heteroatoms. The number of benzene rings is 2. The Bertz CT molecular complexity index is 1090. The Morgan fingerprint density at radius 2 is 1.76 bits per heavy atom. The lowest BCUT2D eigenvalue weighted by molar-refractivity contribution is 0.404. The van der Waals surface area contributed by atoms with Crippen LogP contribution in [0.3, 0.4) is 0 Å². The van der Waals surface area contributed by atoms with Gasteiger partial charge in [0.25, 0.3) is 0 Å². The van der Waals surface area contributed by atoms with E-state index in [1.165, 1.54) is 23.5 Å². The fourth-order valence-electron chi connectivity index (χ4n) is 3.32. The first-order valence-corrected chi connectivity index (χ1v) is 10.4. The normalized spacial score (nSPS) is 14.3. The molecule has 150 valence electrons. The minimum atomic E-state index is -0.281. The fraction of sp³-hybridized carbons (Fsp3) is 0.273. The van der Waals surface area contributed by atoms with Gasteiger partial charge in [-0.15, -0.1) is 11.3 Å². The van der Waals surface area contributed by atoms with Crippen molar-refractivity contribution < 1.29 is 13.9 Å². The number of hydrogen-bond donors (Lipinski definition) is 0. The molecule has 2 aromatic carbocycles. The minimum absolute atomic E-state index is 0.281. The van der Waals surface area contributed by atoms with E-state index in [1.54, 1.807) is 26.4 Å². The predicted molar refractivity (Wildman–Crippen MR) is 114 cm³/mol. The summed E-state index contributed by atoms with van der Waals surface area (Å²) in [6.45, 7) is 0. The number of aromatic nitrogens is 1. The number of halogens is 1. The molecule has 0 spiro atoms. The summed E-state index contributed by atoms with van der Waals surface area (Å²) >= 11 is 1.49. The van der Waals surface area contributed by atoms with Gasteiger partial charge in [-0.3, -0.25) is 0 Å². The summed E-state index contributed by atoms with van der Waals surface area (Å²) in [6, 6.07) is 11.8. The second-order valence-electron chi connectivity index (χ2n) is 6.74. The van der Waals surface area contributed by atoms with Crippen LogP contribution in [0.5, 0.6) is 11.5 Å². The van der Waals surface area contributed by atoms with E-state index in [-0.39, 0.29) is 5.82 Å². The van der Waals surface area contributed by atoms with Crippen molar-refractivity contribution in [2.75, 3.05) is 14.2 Å². The number of nitrogens with zero attached hydrogens (tertiary/aromatic N) is 3. The molecule has 1 fully saturated rings. The van der Waals surface area contributed by atoms with Crippen LogP contribution >= 0.6 is 11.3 Å². The van der Waals surface area contributed by atoms with E-state index in [2.05, 4.69) is 0 Å². The maximum atomic E-state index is 13.3. The molecule has 1 aromatic heterocycles. The topological polar surface area (TPSA) is 48.1 Å². The van der Waals surface area contributed by atoms with Crippen molar-refractivity contribution in [1.29, 1.82) is 0 Å². The zero-order valence-corrected chi connectivity index (χ0v) is 17.2. The Morgan fingerprint density at radius 1 is 1.00 bits per heavy atom. The SMILES string of the molecule is COc1ccc(OC)c(-c2csc(=Nc3ccc(F)cc3)n2N=C2CCCC2)c1. The summed E-state index contributed by atoms with van der Waals surface area (Å²) in [5.41, 5.74) is 3.60. The molecule has 1 aliphatic rings. The van der Waals surface area contributed by atoms with Gasteiger partial charge in [0.05, 0.1) is 25.6 Å². The Hall–Kier alpha value is -2.93.